The lowest BCUT2D eigenvalue weighted by Crippen LogP contribution is -2.29. The van der Waals surface area contributed by atoms with Gasteiger partial charge in [-0.15, -0.1) is 0 Å². The van der Waals surface area contributed by atoms with Crippen molar-refractivity contribution in [3.05, 3.63) is 101 Å². The normalized spacial score (nSPS) is 16.4. The number of benzene rings is 2. The van der Waals surface area contributed by atoms with E-state index in [2.05, 4.69) is 15.6 Å². The summed E-state index contributed by atoms with van der Waals surface area (Å²) in [5.74, 6) is -1.95. The van der Waals surface area contributed by atoms with Gasteiger partial charge in [0.15, 0.2) is 5.11 Å². The average molecular weight is 585 g/mol. The zero-order chi connectivity index (χ0) is 30.1. The molecule has 1 fully saturated rings. The second-order valence-electron chi connectivity index (χ2n) is 10.3. The molecule has 3 heterocycles. The maximum atomic E-state index is 12.3. The molecule has 0 bridgehead atoms. The topological polar surface area (TPSA) is 145 Å². The summed E-state index contributed by atoms with van der Waals surface area (Å²) in [4.78, 5) is 42.1. The summed E-state index contributed by atoms with van der Waals surface area (Å²) in [5.41, 5.74) is 3.00. The van der Waals surface area contributed by atoms with E-state index in [0.717, 1.165) is 23.0 Å². The molecule has 1 aliphatic heterocycles. The first-order valence-corrected chi connectivity index (χ1v) is 13.6. The van der Waals surface area contributed by atoms with Crippen molar-refractivity contribution in [3.8, 4) is 11.3 Å². The minimum atomic E-state index is -1.25. The predicted molar refractivity (Wildman–Crippen MR) is 161 cm³/mol. The van der Waals surface area contributed by atoms with Crippen molar-refractivity contribution in [2.24, 2.45) is 5.92 Å². The highest BCUT2D eigenvalue weighted by Gasteiger charge is 2.42. The zero-order valence-corrected chi connectivity index (χ0v) is 23.8. The Morgan fingerprint density at radius 2 is 1.71 bits per heavy atom. The third kappa shape index (κ3) is 5.59. The summed E-state index contributed by atoms with van der Waals surface area (Å²) < 4.78 is 6.30. The number of carboxylic acids is 2. The van der Waals surface area contributed by atoms with Crippen molar-refractivity contribution in [1.82, 2.24) is 10.3 Å². The molecule has 0 radical (unpaired) electrons. The van der Waals surface area contributed by atoms with Gasteiger partial charge >= 0.3 is 11.9 Å². The number of aromatic nitrogens is 1. The number of carboxylic acid groups (broad SMARTS) is 2. The largest absolute Gasteiger partial charge is 0.478 e. The van der Waals surface area contributed by atoms with Crippen LogP contribution in [0.1, 0.15) is 63.7 Å². The van der Waals surface area contributed by atoms with E-state index >= 15 is 0 Å². The van der Waals surface area contributed by atoms with Gasteiger partial charge in [0.25, 0.3) is 0 Å². The summed E-state index contributed by atoms with van der Waals surface area (Å²) in [7, 11) is 0. The van der Waals surface area contributed by atoms with E-state index in [1.807, 2.05) is 62.1 Å². The fraction of sp³-hybridized carbons (Fsp3) is 0.194. The summed E-state index contributed by atoms with van der Waals surface area (Å²) in [5, 5.41) is 25.8. The molecule has 11 heteroatoms. The number of thiocarbonyl (C=S) groups is 1. The molecule has 2 aromatic heterocycles. The van der Waals surface area contributed by atoms with E-state index in [9.17, 15) is 24.6 Å². The number of aromatic carboxylic acids is 2. The molecule has 4 N–H and O–H groups in total. The highest BCUT2D eigenvalue weighted by atomic mass is 32.1. The summed E-state index contributed by atoms with van der Waals surface area (Å²) >= 11 is 5.79. The lowest BCUT2D eigenvalue weighted by molar-refractivity contribution is -0.118. The van der Waals surface area contributed by atoms with Crippen molar-refractivity contribution in [1.29, 1.82) is 0 Å². The van der Waals surface area contributed by atoms with Crippen molar-refractivity contribution >= 4 is 46.6 Å². The minimum absolute atomic E-state index is 0.0848. The lowest BCUT2D eigenvalue weighted by atomic mass is 10.0. The molecule has 2 atom stereocenters. The van der Waals surface area contributed by atoms with Crippen LogP contribution in [-0.4, -0.2) is 38.2 Å². The third-order valence-electron chi connectivity index (χ3n) is 7.00. The van der Waals surface area contributed by atoms with Crippen LogP contribution in [0.2, 0.25) is 0 Å². The Kier molecular flexibility index (Phi) is 7.77. The van der Waals surface area contributed by atoms with Crippen LogP contribution in [0.25, 0.3) is 11.3 Å². The summed E-state index contributed by atoms with van der Waals surface area (Å²) in [6.45, 7) is 5.55. The molecule has 1 saturated heterocycles. The molecule has 10 nitrogen and oxygen atoms in total. The first-order chi connectivity index (χ1) is 20.0. The predicted octanol–water partition coefficient (Wildman–Crippen LogP) is 5.82. The van der Waals surface area contributed by atoms with Gasteiger partial charge in [-0.1, -0.05) is 19.9 Å². The number of amides is 1. The average Bonchev–Trinajstić information content (AvgIpc) is 3.59. The quantitative estimate of drug-likeness (QED) is 0.187. The number of hydrogen-bond acceptors (Lipinski definition) is 6. The van der Waals surface area contributed by atoms with Crippen LogP contribution in [-0.2, 0) is 4.79 Å². The van der Waals surface area contributed by atoms with Crippen LogP contribution in [0.5, 0.6) is 0 Å². The Morgan fingerprint density at radius 1 is 1.00 bits per heavy atom. The van der Waals surface area contributed by atoms with E-state index < -0.39 is 24.0 Å². The molecular weight excluding hydrogens is 556 g/mol. The molecule has 2 aromatic carbocycles. The van der Waals surface area contributed by atoms with Crippen LogP contribution in [0.3, 0.4) is 0 Å². The Hall–Kier alpha value is -5.03. The number of nitrogens with zero attached hydrogens (tertiary/aromatic N) is 2. The number of anilines is 2. The maximum absolute atomic E-state index is 12.3. The van der Waals surface area contributed by atoms with Crippen LogP contribution in [0, 0.1) is 12.8 Å². The minimum Gasteiger partial charge on any atom is -0.478 e. The molecule has 0 aliphatic carbocycles. The van der Waals surface area contributed by atoms with E-state index in [0.29, 0.717) is 27.9 Å². The van der Waals surface area contributed by atoms with Gasteiger partial charge < -0.3 is 30.2 Å². The van der Waals surface area contributed by atoms with Crippen LogP contribution in [0.15, 0.2) is 77.3 Å². The molecule has 0 saturated carbocycles. The van der Waals surface area contributed by atoms with Crippen LogP contribution in [0.4, 0.5) is 11.4 Å². The Bertz CT molecular complexity index is 1670. The maximum Gasteiger partial charge on any atom is 0.335 e. The van der Waals surface area contributed by atoms with Gasteiger partial charge in [0.1, 0.15) is 17.6 Å². The molecule has 4 aromatic rings. The first kappa shape index (κ1) is 28.5. The van der Waals surface area contributed by atoms with Crippen molar-refractivity contribution in [3.63, 3.8) is 0 Å². The second-order valence-corrected chi connectivity index (χ2v) is 10.6. The molecule has 1 aliphatic rings. The number of carbonyl (C=O) groups is 3. The van der Waals surface area contributed by atoms with E-state index in [1.54, 1.807) is 18.3 Å². The number of furan rings is 1. The molecular formula is C31H28N4O6S. The van der Waals surface area contributed by atoms with E-state index in [1.165, 1.54) is 12.1 Å². The van der Waals surface area contributed by atoms with Gasteiger partial charge in [0, 0.05) is 29.1 Å². The molecule has 5 rings (SSSR count). The molecule has 42 heavy (non-hydrogen) atoms. The Balaban J connectivity index is 1.58. The number of aryl methyl sites for hydroxylation is 1. The monoisotopic (exact) mass is 584 g/mol. The van der Waals surface area contributed by atoms with Gasteiger partial charge in [0.2, 0.25) is 5.91 Å². The smallest absolute Gasteiger partial charge is 0.335 e. The first-order valence-electron chi connectivity index (χ1n) is 13.2. The van der Waals surface area contributed by atoms with E-state index in [-0.39, 0.29) is 23.0 Å². The number of nitrogens with one attached hydrogen (secondary N) is 2. The highest BCUT2D eigenvalue weighted by Crippen LogP contribution is 2.43. The van der Waals surface area contributed by atoms with Crippen LogP contribution >= 0.6 is 12.2 Å². The SMILES string of the molecule is Cc1cc(N2C(=S)N[C@H](c3ccccn3)[C@H]2c2ccc(-c3cc(C(=O)O)cc(C(=O)O)c3)o2)ccc1NC(=O)C(C)C. The number of carbonyl (C=O) groups excluding carboxylic acids is 1. The second kappa shape index (κ2) is 11.5. The number of pyridine rings is 1. The van der Waals surface area contributed by atoms with E-state index in [4.69, 9.17) is 16.6 Å². The molecule has 0 unspecified atom stereocenters. The zero-order valence-electron chi connectivity index (χ0n) is 23.0. The molecule has 1 amide bonds. The van der Waals surface area contributed by atoms with Gasteiger partial charge in [-0.05, 0) is 85.4 Å². The number of hydrogen-bond donors (Lipinski definition) is 4. The van der Waals surface area contributed by atoms with Gasteiger partial charge in [-0.3, -0.25) is 9.78 Å². The standard InChI is InChI=1S/C31H28N4O6S/c1-16(2)28(36)33-22-8-7-21(12-17(22)3)35-27(26(34-31(35)42)23-6-4-5-11-32-23)25-10-9-24(41-25)18-13-19(29(37)38)15-20(14-18)30(39)40/h4-16,26-27H,1-3H3,(H,33,36)(H,34,42)(H,37,38)(H,39,40)/t26-,27-/m1/s1. The highest BCUT2D eigenvalue weighted by molar-refractivity contribution is 7.80. The summed E-state index contributed by atoms with van der Waals surface area (Å²) in [6, 6.07) is 17.6. The van der Waals surface area contributed by atoms with Gasteiger partial charge in [-0.25, -0.2) is 9.59 Å². The molecule has 214 valence electrons. The fourth-order valence-electron chi connectivity index (χ4n) is 4.82. The summed E-state index contributed by atoms with van der Waals surface area (Å²) in [6.07, 6.45) is 1.69. The lowest BCUT2D eigenvalue weighted by Gasteiger charge is -2.27. The molecule has 0 spiro atoms. The van der Waals surface area contributed by atoms with Crippen molar-refractivity contribution < 1.29 is 29.0 Å². The van der Waals surface area contributed by atoms with Crippen molar-refractivity contribution in [2.45, 2.75) is 32.9 Å². The van der Waals surface area contributed by atoms with Crippen molar-refractivity contribution in [2.75, 3.05) is 10.2 Å². The Labute approximate surface area is 247 Å². The van der Waals surface area contributed by atoms with Gasteiger partial charge in [0.05, 0.1) is 22.9 Å². The Morgan fingerprint density at radius 3 is 2.31 bits per heavy atom. The fourth-order valence-corrected chi connectivity index (χ4v) is 5.17. The van der Waals surface area contributed by atoms with Crippen LogP contribution < -0.4 is 15.5 Å². The number of rotatable bonds is 8. The third-order valence-corrected chi connectivity index (χ3v) is 7.31. The van der Waals surface area contributed by atoms with Gasteiger partial charge in [-0.2, -0.15) is 0 Å².